The lowest BCUT2D eigenvalue weighted by molar-refractivity contribution is -0.148. The molecule has 0 unspecified atom stereocenters. The number of nitrogens with zero attached hydrogens (tertiary/aromatic N) is 3. The van der Waals surface area contributed by atoms with Gasteiger partial charge in [-0.3, -0.25) is 19.3 Å². The van der Waals surface area contributed by atoms with Crippen LogP contribution in [0.2, 0.25) is 0 Å². The van der Waals surface area contributed by atoms with E-state index in [0.29, 0.717) is 53.9 Å². The molecule has 0 saturated carbocycles. The number of ether oxygens (including phenoxy) is 1. The van der Waals surface area contributed by atoms with Crippen LogP contribution in [0.1, 0.15) is 51.5 Å². The summed E-state index contributed by atoms with van der Waals surface area (Å²) in [7, 11) is 1.76. The minimum Gasteiger partial charge on any atom is -0.466 e. The molecule has 2 fully saturated rings. The molecule has 3 heterocycles. The first-order chi connectivity index (χ1) is 17.4. The van der Waals surface area contributed by atoms with Gasteiger partial charge in [0, 0.05) is 32.1 Å². The number of hydrogen-bond acceptors (Lipinski definition) is 7. The molecule has 1 aromatic heterocycles. The van der Waals surface area contributed by atoms with Crippen molar-refractivity contribution in [2.75, 3.05) is 31.1 Å². The first-order valence-electron chi connectivity index (χ1n) is 12.7. The van der Waals surface area contributed by atoms with E-state index in [9.17, 15) is 14.4 Å². The van der Waals surface area contributed by atoms with Gasteiger partial charge in [0.05, 0.1) is 34.2 Å². The first kappa shape index (κ1) is 26.4. The molecule has 0 spiro atoms. The zero-order chi connectivity index (χ0) is 25.8. The molecule has 1 aromatic carbocycles. The highest BCUT2D eigenvalue weighted by Gasteiger charge is 2.33. The Morgan fingerprint density at radius 1 is 1.17 bits per heavy atom. The highest BCUT2D eigenvalue weighted by molar-refractivity contribution is 8.26. The van der Waals surface area contributed by atoms with Gasteiger partial charge < -0.3 is 14.2 Å². The smallest absolute Gasteiger partial charge is 0.309 e. The van der Waals surface area contributed by atoms with E-state index in [2.05, 4.69) is 11.8 Å². The van der Waals surface area contributed by atoms with Crippen LogP contribution in [0, 0.1) is 5.92 Å². The van der Waals surface area contributed by atoms with Crippen molar-refractivity contribution in [3.8, 4) is 0 Å². The number of rotatable bonds is 8. The second kappa shape index (κ2) is 11.6. The molecule has 0 N–H and O–H groups in total. The maximum atomic E-state index is 13.6. The van der Waals surface area contributed by atoms with Crippen LogP contribution in [0.15, 0.2) is 34.0 Å². The number of hydrogen-bond donors (Lipinski definition) is 0. The number of anilines is 1. The van der Waals surface area contributed by atoms with E-state index in [4.69, 9.17) is 17.0 Å². The van der Waals surface area contributed by atoms with Gasteiger partial charge in [-0.1, -0.05) is 61.9 Å². The van der Waals surface area contributed by atoms with Crippen LogP contribution in [0.5, 0.6) is 0 Å². The quantitative estimate of drug-likeness (QED) is 0.213. The fraction of sp³-hybridized carbons (Fsp3) is 0.481. The number of carbonyl (C=O) groups excluding carboxylic acids is 2. The Morgan fingerprint density at radius 3 is 2.58 bits per heavy atom. The van der Waals surface area contributed by atoms with E-state index < -0.39 is 0 Å². The highest BCUT2D eigenvalue weighted by Crippen LogP contribution is 2.37. The average molecular weight is 528 g/mol. The number of fused-ring (bicyclic) bond motifs is 1. The van der Waals surface area contributed by atoms with E-state index in [0.717, 1.165) is 35.9 Å². The number of para-hydroxylation sites is 1. The van der Waals surface area contributed by atoms with Crippen molar-refractivity contribution in [3.63, 3.8) is 0 Å². The summed E-state index contributed by atoms with van der Waals surface area (Å²) >= 11 is 6.76. The lowest BCUT2D eigenvalue weighted by Gasteiger charge is -2.34. The monoisotopic (exact) mass is 527 g/mol. The van der Waals surface area contributed by atoms with Crippen LogP contribution in [-0.2, 0) is 21.4 Å². The van der Waals surface area contributed by atoms with Crippen molar-refractivity contribution >= 4 is 62.8 Å². The Kier molecular flexibility index (Phi) is 8.51. The number of piperidine rings is 1. The fourth-order valence-electron chi connectivity index (χ4n) is 4.92. The number of esters is 1. The third kappa shape index (κ3) is 5.22. The minimum absolute atomic E-state index is 0.136. The van der Waals surface area contributed by atoms with Crippen molar-refractivity contribution in [2.24, 2.45) is 13.0 Å². The zero-order valence-electron chi connectivity index (χ0n) is 21.1. The predicted octanol–water partition coefficient (Wildman–Crippen LogP) is 4.71. The predicted molar refractivity (Wildman–Crippen MR) is 150 cm³/mol. The molecule has 192 valence electrons. The van der Waals surface area contributed by atoms with Crippen LogP contribution in [0.4, 0.5) is 5.69 Å². The summed E-state index contributed by atoms with van der Waals surface area (Å²) in [5.74, 6) is -0.428. The van der Waals surface area contributed by atoms with Gasteiger partial charge in [0.15, 0.2) is 0 Å². The SMILES string of the molecule is CCCCCN1C(=O)C(=Cc2c(N3CCC(C(=O)OCC)CC3)c3ccccc3n(C)c2=O)SC1=S. The Morgan fingerprint density at radius 2 is 1.89 bits per heavy atom. The molecule has 1 amide bonds. The van der Waals surface area contributed by atoms with Crippen LogP contribution in [0.3, 0.4) is 0 Å². The molecular weight excluding hydrogens is 494 g/mol. The molecule has 36 heavy (non-hydrogen) atoms. The molecule has 7 nitrogen and oxygen atoms in total. The van der Waals surface area contributed by atoms with Crippen molar-refractivity contribution in [2.45, 2.75) is 46.0 Å². The number of thiocarbonyl (C=S) groups is 1. The van der Waals surface area contributed by atoms with E-state index in [-0.39, 0.29) is 23.4 Å². The van der Waals surface area contributed by atoms with E-state index in [1.165, 1.54) is 11.8 Å². The number of amides is 1. The van der Waals surface area contributed by atoms with Gasteiger partial charge in [0.1, 0.15) is 4.32 Å². The second-order valence-electron chi connectivity index (χ2n) is 9.20. The van der Waals surface area contributed by atoms with Gasteiger partial charge in [0.2, 0.25) is 0 Å². The summed E-state index contributed by atoms with van der Waals surface area (Å²) in [5, 5.41) is 0.943. The topological polar surface area (TPSA) is 71.9 Å². The minimum atomic E-state index is -0.160. The number of benzene rings is 1. The summed E-state index contributed by atoms with van der Waals surface area (Å²) in [4.78, 5) is 43.4. The molecule has 2 aliphatic heterocycles. The second-order valence-corrected chi connectivity index (χ2v) is 10.9. The molecule has 0 radical (unpaired) electrons. The van der Waals surface area contributed by atoms with Crippen LogP contribution < -0.4 is 10.5 Å². The Balaban J connectivity index is 1.74. The largest absolute Gasteiger partial charge is 0.466 e. The maximum absolute atomic E-state index is 13.6. The number of pyridine rings is 1. The summed E-state index contributed by atoms with van der Waals surface area (Å²) in [6, 6.07) is 7.82. The van der Waals surface area contributed by atoms with Gasteiger partial charge in [-0.15, -0.1) is 0 Å². The number of unbranched alkanes of at least 4 members (excludes halogenated alkanes) is 2. The molecule has 4 rings (SSSR count). The van der Waals surface area contributed by atoms with Crippen molar-refractivity contribution in [1.82, 2.24) is 9.47 Å². The standard InChI is InChI=1S/C27H33N3O4S2/c1-4-6-9-14-30-25(32)22(36-27(30)35)17-20-23(19-10-7-8-11-21(19)28(3)24(20)31)29-15-12-18(13-16-29)26(33)34-5-2/h7-8,10-11,17-18H,4-6,9,12-16H2,1-3H3. The molecular formula is C27H33N3O4S2. The number of aryl methyl sites for hydroxylation is 1. The highest BCUT2D eigenvalue weighted by atomic mass is 32.2. The van der Waals surface area contributed by atoms with Crippen molar-refractivity contribution in [3.05, 3.63) is 45.1 Å². The lowest BCUT2D eigenvalue weighted by atomic mass is 9.95. The number of carbonyl (C=O) groups is 2. The van der Waals surface area contributed by atoms with Gasteiger partial charge in [-0.25, -0.2) is 0 Å². The van der Waals surface area contributed by atoms with Gasteiger partial charge in [-0.05, 0) is 38.3 Å². The summed E-state index contributed by atoms with van der Waals surface area (Å²) in [6.45, 7) is 6.16. The number of thioether (sulfide) groups is 1. The third-order valence-electron chi connectivity index (χ3n) is 6.88. The maximum Gasteiger partial charge on any atom is 0.309 e. The zero-order valence-corrected chi connectivity index (χ0v) is 22.8. The summed E-state index contributed by atoms with van der Waals surface area (Å²) in [5.41, 5.74) is 1.97. The molecule has 9 heteroatoms. The number of aromatic nitrogens is 1. The van der Waals surface area contributed by atoms with Gasteiger partial charge in [0.25, 0.3) is 11.5 Å². The molecule has 0 atom stereocenters. The molecule has 0 aliphatic carbocycles. The summed E-state index contributed by atoms with van der Waals surface area (Å²) < 4.78 is 7.40. The molecule has 2 saturated heterocycles. The lowest BCUT2D eigenvalue weighted by Crippen LogP contribution is -2.38. The van der Waals surface area contributed by atoms with Gasteiger partial charge >= 0.3 is 5.97 Å². The van der Waals surface area contributed by atoms with Crippen molar-refractivity contribution in [1.29, 1.82) is 0 Å². The third-order valence-corrected chi connectivity index (χ3v) is 8.25. The van der Waals surface area contributed by atoms with E-state index in [1.807, 2.05) is 31.2 Å². The average Bonchev–Trinajstić information content (AvgIpc) is 3.15. The Labute approximate surface area is 221 Å². The molecule has 2 aromatic rings. The van der Waals surface area contributed by atoms with Crippen LogP contribution >= 0.6 is 24.0 Å². The molecule has 0 bridgehead atoms. The van der Waals surface area contributed by atoms with Crippen LogP contribution in [0.25, 0.3) is 17.0 Å². The Hall–Kier alpha value is -2.65. The van der Waals surface area contributed by atoms with Crippen LogP contribution in [-0.4, -0.2) is 51.9 Å². The molecule has 2 aliphatic rings. The fourth-order valence-corrected chi connectivity index (χ4v) is 6.21. The van der Waals surface area contributed by atoms with E-state index in [1.54, 1.807) is 22.6 Å². The summed E-state index contributed by atoms with van der Waals surface area (Å²) in [6.07, 6.45) is 6.03. The normalized spacial score (nSPS) is 18.0. The van der Waals surface area contributed by atoms with Gasteiger partial charge in [-0.2, -0.15) is 0 Å². The first-order valence-corrected chi connectivity index (χ1v) is 13.9. The Bertz CT molecular complexity index is 1260. The van der Waals surface area contributed by atoms with E-state index >= 15 is 0 Å². The van der Waals surface area contributed by atoms with Crippen molar-refractivity contribution < 1.29 is 14.3 Å².